The largest absolute Gasteiger partial charge is 0.382 e. The number of benzene rings is 2. The third-order valence-electron chi connectivity index (χ3n) is 3.84. The summed E-state index contributed by atoms with van der Waals surface area (Å²) in [5.74, 6) is -0.0994. The first-order valence-corrected chi connectivity index (χ1v) is 8.27. The maximum Gasteiger partial charge on any atom is 0.266 e. The molecule has 1 heterocycles. The summed E-state index contributed by atoms with van der Waals surface area (Å²) in [5.41, 5.74) is 2.57. The summed E-state index contributed by atoms with van der Waals surface area (Å²) in [6, 6.07) is 15.1. The van der Waals surface area contributed by atoms with Gasteiger partial charge in [-0.25, -0.2) is 0 Å². The van der Waals surface area contributed by atoms with Crippen LogP contribution in [-0.2, 0) is 16.2 Å². The number of halogens is 2. The number of amides is 1. The molecule has 0 spiro atoms. The molecule has 1 unspecified atom stereocenters. The van der Waals surface area contributed by atoms with Crippen molar-refractivity contribution in [1.29, 1.82) is 0 Å². The van der Waals surface area contributed by atoms with Crippen LogP contribution in [0.15, 0.2) is 53.7 Å². The monoisotopic (exact) mass is 362 g/mol. The zero-order chi connectivity index (χ0) is 17.1. The van der Waals surface area contributed by atoms with Gasteiger partial charge in [-0.3, -0.25) is 4.79 Å². The molecular formula is C18H16Cl2N2O2. The van der Waals surface area contributed by atoms with Crippen molar-refractivity contribution in [2.24, 2.45) is 5.16 Å². The normalized spacial score (nSPS) is 16.5. The fourth-order valence-corrected chi connectivity index (χ4v) is 2.84. The Morgan fingerprint density at radius 1 is 1.21 bits per heavy atom. The Kier molecular flexibility index (Phi) is 5.07. The van der Waals surface area contributed by atoms with Gasteiger partial charge in [0.25, 0.3) is 5.91 Å². The molecule has 1 amide bonds. The van der Waals surface area contributed by atoms with E-state index < -0.39 is 6.10 Å². The molecule has 0 aliphatic carbocycles. The average molecular weight is 363 g/mol. The fraction of sp³-hybridized carbons (Fsp3) is 0.222. The van der Waals surface area contributed by atoms with E-state index >= 15 is 0 Å². The molecule has 0 radical (unpaired) electrons. The molecule has 1 atom stereocenters. The lowest BCUT2D eigenvalue weighted by Gasteiger charge is -2.19. The van der Waals surface area contributed by atoms with E-state index in [4.69, 9.17) is 28.0 Å². The molecule has 0 saturated heterocycles. The minimum atomic E-state index is -0.608. The van der Waals surface area contributed by atoms with E-state index in [1.807, 2.05) is 36.4 Å². The van der Waals surface area contributed by atoms with E-state index in [9.17, 15) is 4.79 Å². The number of hydrogen-bond acceptors (Lipinski definition) is 3. The third kappa shape index (κ3) is 3.71. The van der Waals surface area contributed by atoms with Gasteiger partial charge in [-0.2, -0.15) is 0 Å². The number of carbonyl (C=O) groups is 1. The van der Waals surface area contributed by atoms with E-state index in [0.29, 0.717) is 28.7 Å². The van der Waals surface area contributed by atoms with Crippen molar-refractivity contribution >= 4 is 34.8 Å². The van der Waals surface area contributed by atoms with Gasteiger partial charge in [0, 0.05) is 25.6 Å². The quantitative estimate of drug-likeness (QED) is 0.819. The van der Waals surface area contributed by atoms with Crippen LogP contribution in [0.3, 0.4) is 0 Å². The fourth-order valence-electron chi connectivity index (χ4n) is 2.54. The van der Waals surface area contributed by atoms with Gasteiger partial charge in [0.05, 0.1) is 15.8 Å². The van der Waals surface area contributed by atoms with Gasteiger partial charge in [-0.1, -0.05) is 64.8 Å². The van der Waals surface area contributed by atoms with Crippen LogP contribution in [0.25, 0.3) is 0 Å². The molecule has 0 aromatic heterocycles. The van der Waals surface area contributed by atoms with Crippen LogP contribution >= 0.6 is 23.2 Å². The summed E-state index contributed by atoms with van der Waals surface area (Å²) in [4.78, 5) is 19.5. The molecule has 0 saturated carbocycles. The van der Waals surface area contributed by atoms with Gasteiger partial charge < -0.3 is 9.74 Å². The lowest BCUT2D eigenvalue weighted by Crippen LogP contribution is -2.36. The second kappa shape index (κ2) is 7.24. The highest BCUT2D eigenvalue weighted by Gasteiger charge is 2.31. The summed E-state index contributed by atoms with van der Waals surface area (Å²) in [6.07, 6.45) is -0.196. The second-order valence-corrected chi connectivity index (χ2v) is 6.46. The zero-order valence-electron chi connectivity index (χ0n) is 13.1. The van der Waals surface area contributed by atoms with Crippen LogP contribution in [0.5, 0.6) is 0 Å². The summed E-state index contributed by atoms with van der Waals surface area (Å²) >= 11 is 12.0. The van der Waals surface area contributed by atoms with Crippen LogP contribution in [0.4, 0.5) is 0 Å². The maximum atomic E-state index is 12.5. The van der Waals surface area contributed by atoms with Crippen molar-refractivity contribution in [3.8, 4) is 0 Å². The molecule has 6 heteroatoms. The smallest absolute Gasteiger partial charge is 0.266 e. The standard InChI is InChI=1S/C18H16Cl2N2O2/c1-22(11-12-5-3-2-4-6-12)18(23)17-10-16(21-24-17)13-7-8-14(19)15(20)9-13/h2-9,17H,10-11H2,1H3. The Morgan fingerprint density at radius 2 is 1.96 bits per heavy atom. The number of nitrogens with zero attached hydrogens (tertiary/aromatic N) is 2. The molecular weight excluding hydrogens is 347 g/mol. The van der Waals surface area contributed by atoms with Crippen molar-refractivity contribution in [2.75, 3.05) is 7.05 Å². The van der Waals surface area contributed by atoms with Crippen LogP contribution in [0.1, 0.15) is 17.5 Å². The van der Waals surface area contributed by atoms with Crippen LogP contribution in [0.2, 0.25) is 10.0 Å². The highest BCUT2D eigenvalue weighted by molar-refractivity contribution is 6.42. The molecule has 0 N–H and O–H groups in total. The van der Waals surface area contributed by atoms with Crippen LogP contribution < -0.4 is 0 Å². The molecule has 2 aromatic rings. The lowest BCUT2D eigenvalue weighted by atomic mass is 10.0. The Labute approximate surface area is 150 Å². The Bertz CT molecular complexity index is 778. The third-order valence-corrected chi connectivity index (χ3v) is 4.57. The predicted octanol–water partition coefficient (Wildman–Crippen LogP) is 4.15. The highest BCUT2D eigenvalue weighted by Crippen LogP contribution is 2.26. The Morgan fingerprint density at radius 3 is 2.67 bits per heavy atom. The number of carbonyl (C=O) groups excluding carboxylic acids is 1. The first-order chi connectivity index (χ1) is 11.5. The van der Waals surface area contributed by atoms with Gasteiger partial charge in [0.15, 0.2) is 0 Å². The molecule has 0 bridgehead atoms. The van der Waals surface area contributed by atoms with E-state index in [1.54, 1.807) is 24.1 Å². The van der Waals surface area contributed by atoms with Gasteiger partial charge in [-0.05, 0) is 17.7 Å². The van der Waals surface area contributed by atoms with Gasteiger partial charge in [-0.15, -0.1) is 0 Å². The van der Waals surface area contributed by atoms with Gasteiger partial charge in [0.1, 0.15) is 0 Å². The topological polar surface area (TPSA) is 41.9 Å². The maximum absolute atomic E-state index is 12.5. The van der Waals surface area contributed by atoms with Gasteiger partial charge in [0.2, 0.25) is 6.10 Å². The second-order valence-electron chi connectivity index (χ2n) is 5.64. The predicted molar refractivity (Wildman–Crippen MR) is 95.4 cm³/mol. The van der Waals surface area contributed by atoms with Crippen molar-refractivity contribution < 1.29 is 9.63 Å². The summed E-state index contributed by atoms with van der Waals surface area (Å²) < 4.78 is 0. The zero-order valence-corrected chi connectivity index (χ0v) is 14.6. The number of oxime groups is 1. The lowest BCUT2D eigenvalue weighted by molar-refractivity contribution is -0.141. The molecule has 1 aliphatic rings. The van der Waals surface area contributed by atoms with E-state index in [0.717, 1.165) is 11.1 Å². The SMILES string of the molecule is CN(Cc1ccccc1)C(=O)C1CC(c2ccc(Cl)c(Cl)c2)=NO1. The number of likely N-dealkylation sites (N-methyl/N-ethyl adjacent to an activating group) is 1. The molecule has 2 aromatic carbocycles. The molecule has 3 rings (SSSR count). The van der Waals surface area contributed by atoms with Crippen molar-refractivity contribution in [3.63, 3.8) is 0 Å². The van der Waals surface area contributed by atoms with E-state index in [-0.39, 0.29) is 5.91 Å². The molecule has 0 fully saturated rings. The Balaban J connectivity index is 1.63. The van der Waals surface area contributed by atoms with E-state index in [1.165, 1.54) is 0 Å². The summed E-state index contributed by atoms with van der Waals surface area (Å²) in [6.45, 7) is 0.529. The minimum absolute atomic E-state index is 0.0994. The van der Waals surface area contributed by atoms with Crippen LogP contribution in [-0.4, -0.2) is 29.7 Å². The minimum Gasteiger partial charge on any atom is -0.382 e. The number of hydrogen-bond donors (Lipinski definition) is 0. The average Bonchev–Trinajstić information content (AvgIpc) is 3.07. The molecule has 4 nitrogen and oxygen atoms in total. The first kappa shape index (κ1) is 16.8. The van der Waals surface area contributed by atoms with Crippen molar-refractivity contribution in [1.82, 2.24) is 4.90 Å². The first-order valence-electron chi connectivity index (χ1n) is 7.51. The van der Waals surface area contributed by atoms with E-state index in [2.05, 4.69) is 5.16 Å². The van der Waals surface area contributed by atoms with Crippen molar-refractivity contribution in [2.45, 2.75) is 19.1 Å². The summed E-state index contributed by atoms with van der Waals surface area (Å²) in [7, 11) is 1.76. The molecule has 24 heavy (non-hydrogen) atoms. The van der Waals surface area contributed by atoms with Gasteiger partial charge >= 0.3 is 0 Å². The highest BCUT2D eigenvalue weighted by atomic mass is 35.5. The Hall–Kier alpha value is -2.04. The van der Waals surface area contributed by atoms with Crippen LogP contribution in [0, 0.1) is 0 Å². The molecule has 1 aliphatic heterocycles. The van der Waals surface area contributed by atoms with Crippen molar-refractivity contribution in [3.05, 3.63) is 69.7 Å². The molecule has 124 valence electrons. The number of rotatable bonds is 4. The summed E-state index contributed by atoms with van der Waals surface area (Å²) in [5, 5.41) is 4.97.